The minimum Gasteiger partial charge on any atom is -0.480 e. The number of hydrogen-bond donors (Lipinski definition) is 3. The second-order valence-corrected chi connectivity index (χ2v) is 8.16. The second kappa shape index (κ2) is 10.1. The SMILES string of the molecule is COc1nc(N2CCC(CCP(O)O)CC2)cc2cnn(C(=O)OCCO)c(=O)c12. The number of rotatable bonds is 7. The zero-order chi connectivity index (χ0) is 21.7. The molecule has 11 nitrogen and oxygen atoms in total. The van der Waals surface area contributed by atoms with Gasteiger partial charge in [-0.05, 0) is 31.2 Å². The maximum absolute atomic E-state index is 12.7. The average Bonchev–Trinajstić information content (AvgIpc) is 2.75. The quantitative estimate of drug-likeness (QED) is 0.525. The highest BCUT2D eigenvalue weighted by Gasteiger charge is 2.23. The van der Waals surface area contributed by atoms with Gasteiger partial charge in [-0.15, -0.1) is 4.68 Å². The van der Waals surface area contributed by atoms with Gasteiger partial charge < -0.3 is 29.3 Å². The van der Waals surface area contributed by atoms with Gasteiger partial charge in [-0.2, -0.15) is 10.1 Å². The first-order valence-electron chi connectivity index (χ1n) is 9.60. The molecular formula is C18H25N4O7P. The number of fused-ring (bicyclic) bond motifs is 1. The van der Waals surface area contributed by atoms with E-state index in [0.717, 1.165) is 32.4 Å². The van der Waals surface area contributed by atoms with Crippen LogP contribution in [0, 0.1) is 5.92 Å². The van der Waals surface area contributed by atoms with E-state index < -0.39 is 20.0 Å². The number of hydrogen-bond acceptors (Lipinski definition) is 10. The van der Waals surface area contributed by atoms with Crippen molar-refractivity contribution in [2.75, 3.05) is 44.5 Å². The highest BCUT2D eigenvalue weighted by molar-refractivity contribution is 7.45. The predicted octanol–water partition coefficient (Wildman–Crippen LogP) is 0.680. The fourth-order valence-electron chi connectivity index (χ4n) is 3.50. The van der Waals surface area contributed by atoms with Crippen LogP contribution in [0.25, 0.3) is 10.8 Å². The molecule has 2 aromatic rings. The lowest BCUT2D eigenvalue weighted by atomic mass is 9.94. The maximum Gasteiger partial charge on any atom is 0.438 e. The van der Waals surface area contributed by atoms with Crippen LogP contribution in [-0.2, 0) is 4.74 Å². The van der Waals surface area contributed by atoms with E-state index in [1.165, 1.54) is 13.3 Å². The Labute approximate surface area is 173 Å². The molecule has 0 spiro atoms. The molecule has 0 aromatic carbocycles. The third-order valence-corrected chi connectivity index (χ3v) is 5.74. The summed E-state index contributed by atoms with van der Waals surface area (Å²) in [7, 11) is -0.450. The third-order valence-electron chi connectivity index (χ3n) is 5.08. The van der Waals surface area contributed by atoms with Crippen LogP contribution in [0.1, 0.15) is 19.3 Å². The Morgan fingerprint density at radius 3 is 2.70 bits per heavy atom. The minimum absolute atomic E-state index is 0.0898. The fourth-order valence-corrected chi connectivity index (χ4v) is 4.10. The number of carbonyl (C=O) groups excluding carboxylic acids is 1. The normalized spacial score (nSPS) is 15.0. The molecule has 3 N–H and O–H groups in total. The predicted molar refractivity (Wildman–Crippen MR) is 110 cm³/mol. The van der Waals surface area contributed by atoms with Crippen molar-refractivity contribution < 1.29 is 29.2 Å². The number of nitrogens with zero attached hydrogens (tertiary/aromatic N) is 4. The van der Waals surface area contributed by atoms with E-state index in [1.54, 1.807) is 6.07 Å². The molecule has 1 fully saturated rings. The lowest BCUT2D eigenvalue weighted by Crippen LogP contribution is -2.35. The van der Waals surface area contributed by atoms with Gasteiger partial charge in [-0.3, -0.25) is 4.79 Å². The summed E-state index contributed by atoms with van der Waals surface area (Å²) in [4.78, 5) is 49.5. The first-order chi connectivity index (χ1) is 14.4. The Hall–Kier alpha value is -2.33. The highest BCUT2D eigenvalue weighted by atomic mass is 31.2. The fraction of sp³-hybridized carbons (Fsp3) is 0.556. The van der Waals surface area contributed by atoms with Crippen LogP contribution in [0.5, 0.6) is 5.88 Å². The van der Waals surface area contributed by atoms with E-state index in [1.807, 2.05) is 0 Å². The Bertz CT molecular complexity index is 944. The van der Waals surface area contributed by atoms with Gasteiger partial charge in [0.25, 0.3) is 5.56 Å². The van der Waals surface area contributed by atoms with Crippen LogP contribution in [-0.4, -0.2) is 75.3 Å². The van der Waals surface area contributed by atoms with Crippen LogP contribution >= 0.6 is 8.38 Å². The Morgan fingerprint density at radius 2 is 2.07 bits per heavy atom. The van der Waals surface area contributed by atoms with Crippen molar-refractivity contribution in [3.63, 3.8) is 0 Å². The van der Waals surface area contributed by atoms with Crippen LogP contribution in [0.15, 0.2) is 17.1 Å². The number of anilines is 1. The number of methoxy groups -OCH3 is 1. The lowest BCUT2D eigenvalue weighted by molar-refractivity contribution is 0.117. The van der Waals surface area contributed by atoms with E-state index in [9.17, 15) is 9.59 Å². The molecule has 164 valence electrons. The summed E-state index contributed by atoms with van der Waals surface area (Å²) >= 11 is 0. The van der Waals surface area contributed by atoms with Gasteiger partial charge in [0.15, 0.2) is 8.38 Å². The number of aromatic nitrogens is 3. The van der Waals surface area contributed by atoms with Crippen molar-refractivity contribution in [2.45, 2.75) is 19.3 Å². The Kier molecular flexibility index (Phi) is 7.54. The number of ether oxygens (including phenoxy) is 2. The van der Waals surface area contributed by atoms with E-state index in [-0.39, 0.29) is 24.5 Å². The molecule has 3 heterocycles. The molecule has 0 amide bonds. The van der Waals surface area contributed by atoms with Gasteiger partial charge >= 0.3 is 6.09 Å². The van der Waals surface area contributed by atoms with Crippen molar-refractivity contribution in [1.29, 1.82) is 0 Å². The molecule has 30 heavy (non-hydrogen) atoms. The monoisotopic (exact) mass is 440 g/mol. The van der Waals surface area contributed by atoms with Crippen LogP contribution in [0.2, 0.25) is 0 Å². The Balaban J connectivity index is 1.83. The summed E-state index contributed by atoms with van der Waals surface area (Å²) in [5.74, 6) is 1.17. The molecular weight excluding hydrogens is 415 g/mol. The third kappa shape index (κ3) is 5.04. The second-order valence-electron chi connectivity index (χ2n) is 6.97. The summed E-state index contributed by atoms with van der Waals surface area (Å²) in [5.41, 5.74) is -0.713. The standard InChI is InChI=1S/C18H25N4O7P/c1-28-16-15-13(11-19-22(17(15)24)18(25)29-8-7-23)10-14(20-16)21-5-2-12(3-6-21)4-9-30(26)27/h10-12,23,26-27H,2-9H2,1H3. The molecule has 0 aliphatic carbocycles. The molecule has 0 radical (unpaired) electrons. The van der Waals surface area contributed by atoms with Crippen LogP contribution in [0.3, 0.4) is 0 Å². The molecule has 2 aromatic heterocycles. The summed E-state index contributed by atoms with van der Waals surface area (Å²) in [6.07, 6.45) is 3.42. The van der Waals surface area contributed by atoms with Gasteiger partial charge in [0.1, 0.15) is 17.8 Å². The molecule has 0 saturated carbocycles. The molecule has 1 aliphatic heterocycles. The first-order valence-corrected chi connectivity index (χ1v) is 11.0. The van der Waals surface area contributed by atoms with Crippen molar-refractivity contribution in [1.82, 2.24) is 14.8 Å². The smallest absolute Gasteiger partial charge is 0.438 e. The number of piperidine rings is 1. The minimum atomic E-state index is -1.85. The van der Waals surface area contributed by atoms with Crippen molar-refractivity contribution in [2.24, 2.45) is 5.92 Å². The zero-order valence-corrected chi connectivity index (χ0v) is 17.5. The number of aliphatic hydroxyl groups is 1. The lowest BCUT2D eigenvalue weighted by Gasteiger charge is -2.33. The Morgan fingerprint density at radius 1 is 1.33 bits per heavy atom. The summed E-state index contributed by atoms with van der Waals surface area (Å²) in [6.45, 7) is 0.895. The molecule has 1 saturated heterocycles. The maximum atomic E-state index is 12.7. The first kappa shape index (κ1) is 22.4. The number of carbonyl (C=O) groups is 1. The number of aliphatic hydroxyl groups excluding tert-OH is 1. The largest absolute Gasteiger partial charge is 0.480 e. The van der Waals surface area contributed by atoms with E-state index in [0.29, 0.717) is 28.0 Å². The molecule has 0 bridgehead atoms. The van der Waals surface area contributed by atoms with Gasteiger partial charge in [-0.25, -0.2) is 4.79 Å². The van der Waals surface area contributed by atoms with Gasteiger partial charge in [0, 0.05) is 24.6 Å². The molecule has 0 unspecified atom stereocenters. The summed E-state index contributed by atoms with van der Waals surface area (Å²) in [5, 5.41) is 13.2. The van der Waals surface area contributed by atoms with Crippen LogP contribution < -0.4 is 15.2 Å². The van der Waals surface area contributed by atoms with Gasteiger partial charge in [0.05, 0.1) is 19.9 Å². The van der Waals surface area contributed by atoms with E-state index in [4.69, 9.17) is 24.4 Å². The number of pyridine rings is 1. The summed E-state index contributed by atoms with van der Waals surface area (Å²) in [6, 6.07) is 1.73. The van der Waals surface area contributed by atoms with Gasteiger partial charge in [0.2, 0.25) is 5.88 Å². The van der Waals surface area contributed by atoms with Crippen molar-refractivity contribution in [3.05, 3.63) is 22.6 Å². The topological polar surface area (TPSA) is 147 Å². The summed E-state index contributed by atoms with van der Waals surface area (Å²) < 4.78 is 10.6. The molecule has 0 atom stereocenters. The molecule has 3 rings (SSSR count). The average molecular weight is 440 g/mol. The van der Waals surface area contributed by atoms with Crippen molar-refractivity contribution >= 4 is 31.1 Å². The highest BCUT2D eigenvalue weighted by Crippen LogP contribution is 2.32. The van der Waals surface area contributed by atoms with Crippen LogP contribution in [0.4, 0.5) is 10.6 Å². The van der Waals surface area contributed by atoms with E-state index in [2.05, 4.69) is 15.0 Å². The molecule has 1 aliphatic rings. The molecule has 12 heteroatoms. The zero-order valence-electron chi connectivity index (χ0n) is 16.6. The van der Waals surface area contributed by atoms with Gasteiger partial charge in [-0.1, -0.05) is 0 Å². The van der Waals surface area contributed by atoms with Crippen molar-refractivity contribution in [3.8, 4) is 5.88 Å². The van der Waals surface area contributed by atoms with E-state index >= 15 is 0 Å².